The van der Waals surface area contributed by atoms with Gasteiger partial charge in [0.25, 0.3) is 0 Å². The van der Waals surface area contributed by atoms with Gasteiger partial charge in [0, 0.05) is 10.6 Å². The van der Waals surface area contributed by atoms with Crippen LogP contribution in [0.2, 0.25) is 0 Å². The maximum absolute atomic E-state index is 12.6. The molecule has 0 bridgehead atoms. The molecule has 1 amide bonds. The number of benzene rings is 1. The number of amides is 1. The summed E-state index contributed by atoms with van der Waals surface area (Å²) in [7, 11) is 0. The lowest BCUT2D eigenvalue weighted by Crippen LogP contribution is -2.27. The summed E-state index contributed by atoms with van der Waals surface area (Å²) >= 11 is 1.44. The van der Waals surface area contributed by atoms with Gasteiger partial charge in [-0.05, 0) is 49.8 Å². The third-order valence-electron chi connectivity index (χ3n) is 3.72. The fourth-order valence-electron chi connectivity index (χ4n) is 2.56. The van der Waals surface area contributed by atoms with Crippen LogP contribution < -0.4 is 5.73 Å². The van der Waals surface area contributed by atoms with Gasteiger partial charge in [-0.25, -0.2) is 4.79 Å². The fraction of sp³-hybridized carbons (Fsp3) is 0.533. The van der Waals surface area contributed by atoms with Crippen molar-refractivity contribution in [3.63, 3.8) is 0 Å². The molecule has 2 N–H and O–H groups in total. The minimum absolute atomic E-state index is 0.118. The van der Waals surface area contributed by atoms with Crippen molar-refractivity contribution in [2.45, 2.75) is 42.9 Å². The van der Waals surface area contributed by atoms with Crippen molar-refractivity contribution in [1.29, 1.82) is 0 Å². The summed E-state index contributed by atoms with van der Waals surface area (Å²) in [5.74, 6) is 1.19. The molecule has 1 aliphatic rings. The summed E-state index contributed by atoms with van der Waals surface area (Å²) in [6.07, 6.45) is -1.86. The molecular formula is C15H18F3NO2S. The first-order chi connectivity index (χ1) is 10.3. The van der Waals surface area contributed by atoms with Gasteiger partial charge in [-0.1, -0.05) is 6.07 Å². The molecule has 0 heterocycles. The number of nitrogens with two attached hydrogens (primary N) is 1. The maximum atomic E-state index is 12.6. The van der Waals surface area contributed by atoms with E-state index >= 15 is 0 Å². The highest BCUT2D eigenvalue weighted by Gasteiger charge is 2.30. The highest BCUT2D eigenvalue weighted by Crippen LogP contribution is 2.34. The number of hydrogen-bond acceptors (Lipinski definition) is 3. The second-order valence-corrected chi connectivity index (χ2v) is 6.51. The number of rotatable bonds is 4. The van der Waals surface area contributed by atoms with E-state index in [-0.39, 0.29) is 6.10 Å². The van der Waals surface area contributed by atoms with Crippen molar-refractivity contribution < 1.29 is 22.7 Å². The summed E-state index contributed by atoms with van der Waals surface area (Å²) in [4.78, 5) is 11.3. The summed E-state index contributed by atoms with van der Waals surface area (Å²) in [5.41, 5.74) is 4.37. The first kappa shape index (κ1) is 17.0. The number of primary amides is 1. The Morgan fingerprint density at radius 3 is 2.55 bits per heavy atom. The summed E-state index contributed by atoms with van der Waals surface area (Å²) < 4.78 is 42.9. The van der Waals surface area contributed by atoms with E-state index in [0.29, 0.717) is 10.8 Å². The zero-order chi connectivity index (χ0) is 16.2. The third kappa shape index (κ3) is 5.12. The molecule has 3 nitrogen and oxygen atoms in total. The van der Waals surface area contributed by atoms with E-state index < -0.39 is 17.8 Å². The molecule has 0 atom stereocenters. The fourth-order valence-corrected chi connectivity index (χ4v) is 3.70. The van der Waals surface area contributed by atoms with E-state index in [1.165, 1.54) is 23.9 Å². The molecule has 0 aliphatic heterocycles. The molecular weight excluding hydrogens is 315 g/mol. The van der Waals surface area contributed by atoms with Crippen LogP contribution in [-0.4, -0.2) is 18.0 Å². The Hall–Kier alpha value is -1.37. The van der Waals surface area contributed by atoms with Gasteiger partial charge in [0.1, 0.15) is 6.10 Å². The van der Waals surface area contributed by atoms with Crippen LogP contribution in [0.3, 0.4) is 0 Å². The van der Waals surface area contributed by atoms with Gasteiger partial charge in [-0.3, -0.25) is 0 Å². The Balaban J connectivity index is 1.81. The van der Waals surface area contributed by atoms with E-state index in [1.54, 1.807) is 6.07 Å². The number of thioether (sulfide) groups is 1. The van der Waals surface area contributed by atoms with Crippen molar-refractivity contribution in [3.05, 3.63) is 29.8 Å². The van der Waals surface area contributed by atoms with Crippen LogP contribution in [0.25, 0.3) is 0 Å². The lowest BCUT2D eigenvalue weighted by atomic mass is 9.89. The smallest absolute Gasteiger partial charge is 0.416 e. The molecule has 122 valence electrons. The molecule has 0 aromatic heterocycles. The molecule has 0 saturated heterocycles. The van der Waals surface area contributed by atoms with Gasteiger partial charge in [0.15, 0.2) is 0 Å². The number of carbonyl (C=O) groups excluding carboxylic acids is 1. The second-order valence-electron chi connectivity index (χ2n) is 5.42. The Morgan fingerprint density at radius 1 is 1.27 bits per heavy atom. The van der Waals surface area contributed by atoms with E-state index in [0.717, 1.165) is 37.5 Å². The molecule has 1 aromatic carbocycles. The molecule has 7 heteroatoms. The second kappa shape index (κ2) is 7.26. The van der Waals surface area contributed by atoms with Crippen LogP contribution in [0.5, 0.6) is 0 Å². The first-order valence-electron chi connectivity index (χ1n) is 7.10. The SMILES string of the molecule is NC(=O)OC1CCC(CSc2cccc(C(F)(F)F)c2)CC1. The van der Waals surface area contributed by atoms with Gasteiger partial charge in [-0.2, -0.15) is 13.2 Å². The summed E-state index contributed by atoms with van der Waals surface area (Å²) in [5, 5.41) is 0. The summed E-state index contributed by atoms with van der Waals surface area (Å²) in [6.45, 7) is 0. The van der Waals surface area contributed by atoms with Crippen molar-refractivity contribution >= 4 is 17.9 Å². The van der Waals surface area contributed by atoms with Crippen LogP contribution in [0.1, 0.15) is 31.2 Å². The zero-order valence-electron chi connectivity index (χ0n) is 11.9. The third-order valence-corrected chi connectivity index (χ3v) is 4.95. The highest BCUT2D eigenvalue weighted by atomic mass is 32.2. The molecule has 1 aliphatic carbocycles. The molecule has 2 rings (SSSR count). The lowest BCUT2D eigenvalue weighted by Gasteiger charge is -2.27. The number of hydrogen-bond donors (Lipinski definition) is 1. The molecule has 1 saturated carbocycles. The molecule has 0 radical (unpaired) electrons. The topological polar surface area (TPSA) is 52.3 Å². The van der Waals surface area contributed by atoms with Gasteiger partial charge >= 0.3 is 12.3 Å². The molecule has 22 heavy (non-hydrogen) atoms. The van der Waals surface area contributed by atoms with Crippen LogP contribution in [0, 0.1) is 5.92 Å². The van der Waals surface area contributed by atoms with E-state index in [9.17, 15) is 18.0 Å². The van der Waals surface area contributed by atoms with Crippen molar-refractivity contribution in [3.8, 4) is 0 Å². The van der Waals surface area contributed by atoms with E-state index in [2.05, 4.69) is 0 Å². The van der Waals surface area contributed by atoms with Crippen LogP contribution in [-0.2, 0) is 10.9 Å². The Bertz CT molecular complexity index is 514. The monoisotopic (exact) mass is 333 g/mol. The van der Waals surface area contributed by atoms with Gasteiger partial charge in [0.05, 0.1) is 5.56 Å². The lowest BCUT2D eigenvalue weighted by molar-refractivity contribution is -0.137. The molecule has 1 aromatic rings. The first-order valence-corrected chi connectivity index (χ1v) is 8.09. The van der Waals surface area contributed by atoms with E-state index in [4.69, 9.17) is 10.5 Å². The van der Waals surface area contributed by atoms with Gasteiger partial charge < -0.3 is 10.5 Å². The predicted molar refractivity (Wildman–Crippen MR) is 78.6 cm³/mol. The minimum Gasteiger partial charge on any atom is -0.446 e. The van der Waals surface area contributed by atoms with Gasteiger partial charge in [-0.15, -0.1) is 11.8 Å². The predicted octanol–water partition coefficient (Wildman–Crippen LogP) is 4.45. The van der Waals surface area contributed by atoms with Crippen LogP contribution in [0.4, 0.5) is 18.0 Å². The average Bonchev–Trinajstić information content (AvgIpc) is 2.45. The van der Waals surface area contributed by atoms with Crippen molar-refractivity contribution in [2.24, 2.45) is 11.7 Å². The van der Waals surface area contributed by atoms with Crippen LogP contribution in [0.15, 0.2) is 29.2 Å². The number of alkyl halides is 3. The number of halogens is 3. The van der Waals surface area contributed by atoms with E-state index in [1.807, 2.05) is 0 Å². The quantitative estimate of drug-likeness (QED) is 0.828. The summed E-state index contributed by atoms with van der Waals surface area (Å²) in [6, 6.07) is 5.40. The standard InChI is InChI=1S/C15H18F3NO2S/c16-15(17,18)11-2-1-3-13(8-11)22-9-10-4-6-12(7-5-10)21-14(19)20/h1-3,8,10,12H,4-7,9H2,(H2,19,20). The maximum Gasteiger partial charge on any atom is 0.416 e. The number of carbonyl (C=O) groups is 1. The average molecular weight is 333 g/mol. The van der Waals surface area contributed by atoms with Gasteiger partial charge in [0.2, 0.25) is 0 Å². The highest BCUT2D eigenvalue weighted by molar-refractivity contribution is 7.99. The molecule has 0 spiro atoms. The number of ether oxygens (including phenoxy) is 1. The Morgan fingerprint density at radius 2 is 1.95 bits per heavy atom. The molecule has 0 unspecified atom stereocenters. The minimum atomic E-state index is -4.30. The largest absolute Gasteiger partial charge is 0.446 e. The Kier molecular flexibility index (Phi) is 5.61. The normalized spacial score (nSPS) is 22.3. The van der Waals surface area contributed by atoms with Crippen molar-refractivity contribution in [2.75, 3.05) is 5.75 Å². The van der Waals surface area contributed by atoms with Crippen LogP contribution >= 0.6 is 11.8 Å². The Labute approximate surface area is 131 Å². The molecule has 1 fully saturated rings. The van der Waals surface area contributed by atoms with Crippen molar-refractivity contribution in [1.82, 2.24) is 0 Å². The zero-order valence-corrected chi connectivity index (χ0v) is 12.8.